The number of carbonyl (C=O) groups is 2. The van der Waals surface area contributed by atoms with Crippen LogP contribution in [-0.4, -0.2) is 29.9 Å². The molecule has 0 bridgehead atoms. The summed E-state index contributed by atoms with van der Waals surface area (Å²) in [4.78, 5) is 22.5. The molecule has 35 heavy (non-hydrogen) atoms. The third-order valence-electron chi connectivity index (χ3n) is 5.51. The summed E-state index contributed by atoms with van der Waals surface area (Å²) >= 11 is 0. The van der Waals surface area contributed by atoms with Gasteiger partial charge in [0, 0.05) is 10.8 Å². The van der Waals surface area contributed by atoms with Gasteiger partial charge in [-0.3, -0.25) is 9.59 Å². The minimum Gasteiger partial charge on any atom is -0.486 e. The molecule has 4 nitrogen and oxygen atoms in total. The van der Waals surface area contributed by atoms with Crippen LogP contribution in [0.2, 0.25) is 0 Å². The van der Waals surface area contributed by atoms with Crippen LogP contribution in [0.15, 0.2) is 42.5 Å². The number of hydrogen-bond acceptors (Lipinski definition) is 4. The number of allylic oxidation sites excluding steroid dienone is 4. The first-order valence-corrected chi connectivity index (χ1v) is 12.9. The molecule has 0 saturated carbocycles. The van der Waals surface area contributed by atoms with Crippen LogP contribution in [0, 0.1) is 17.8 Å². The molecule has 0 radical (unpaired) electrons. The number of ether oxygens (including phenoxy) is 1. The van der Waals surface area contributed by atoms with Gasteiger partial charge in [0.05, 0.1) is 0 Å². The van der Waals surface area contributed by atoms with Crippen molar-refractivity contribution in [3.05, 3.63) is 53.6 Å². The molecule has 0 spiro atoms. The third kappa shape index (κ3) is 16.2. The third-order valence-corrected chi connectivity index (χ3v) is 5.51. The minimum absolute atomic E-state index is 0.113. The van der Waals surface area contributed by atoms with E-state index in [0.29, 0.717) is 5.92 Å². The van der Waals surface area contributed by atoms with Crippen molar-refractivity contribution < 1.29 is 19.4 Å². The summed E-state index contributed by atoms with van der Waals surface area (Å²) < 4.78 is 5.68. The molecule has 1 N–H and O–H groups in total. The van der Waals surface area contributed by atoms with Crippen molar-refractivity contribution in [1.82, 2.24) is 0 Å². The Balaban J connectivity index is 0. The first kappa shape index (κ1) is 35.0. The lowest BCUT2D eigenvalue weighted by atomic mass is 9.91. The van der Waals surface area contributed by atoms with Gasteiger partial charge in [0.1, 0.15) is 19.0 Å². The zero-order valence-electron chi connectivity index (χ0n) is 24.3. The van der Waals surface area contributed by atoms with Gasteiger partial charge >= 0.3 is 0 Å². The van der Waals surface area contributed by atoms with Gasteiger partial charge in [0.25, 0.3) is 0 Å². The monoisotopic (exact) mass is 488 g/mol. The highest BCUT2D eigenvalue weighted by Crippen LogP contribution is 2.28. The average Bonchev–Trinajstić information content (AvgIpc) is 2.78. The van der Waals surface area contributed by atoms with Gasteiger partial charge in [-0.2, -0.15) is 0 Å². The van der Waals surface area contributed by atoms with Crippen LogP contribution < -0.4 is 4.74 Å². The second kappa shape index (κ2) is 18.1. The molecule has 1 aromatic carbocycles. The topological polar surface area (TPSA) is 63.6 Å². The lowest BCUT2D eigenvalue weighted by molar-refractivity contribution is -0.129. The lowest BCUT2D eigenvalue weighted by Gasteiger charge is -2.19. The van der Waals surface area contributed by atoms with Crippen LogP contribution in [-0.2, 0) is 9.59 Å². The van der Waals surface area contributed by atoms with Gasteiger partial charge in [-0.15, -0.1) is 0 Å². The largest absolute Gasteiger partial charge is 0.486 e. The van der Waals surface area contributed by atoms with Crippen molar-refractivity contribution in [1.29, 1.82) is 0 Å². The zero-order chi connectivity index (χ0) is 27.7. The van der Waals surface area contributed by atoms with Gasteiger partial charge in [-0.1, -0.05) is 98.8 Å². The highest BCUT2D eigenvalue weighted by molar-refractivity contribution is 5.85. The molecule has 0 fully saturated rings. The quantitative estimate of drug-likeness (QED) is 0.357. The second-order valence-electron chi connectivity index (χ2n) is 10.7. The Bertz CT molecular complexity index is 785. The van der Waals surface area contributed by atoms with Crippen LogP contribution in [0.4, 0.5) is 0 Å². The fourth-order valence-electron chi connectivity index (χ4n) is 2.77. The van der Waals surface area contributed by atoms with E-state index in [-0.39, 0.29) is 35.6 Å². The first-order chi connectivity index (χ1) is 16.2. The van der Waals surface area contributed by atoms with Gasteiger partial charge in [0.15, 0.2) is 11.6 Å². The van der Waals surface area contributed by atoms with Crippen molar-refractivity contribution >= 4 is 11.6 Å². The van der Waals surface area contributed by atoms with E-state index in [9.17, 15) is 9.59 Å². The predicted molar refractivity (Wildman–Crippen MR) is 150 cm³/mol. The van der Waals surface area contributed by atoms with E-state index in [1.807, 2.05) is 52.8 Å². The fraction of sp³-hybridized carbons (Fsp3) is 0.613. The number of ketones is 2. The first-order valence-electron chi connectivity index (χ1n) is 12.9. The normalized spacial score (nSPS) is 11.7. The molecule has 0 heterocycles. The predicted octanol–water partition coefficient (Wildman–Crippen LogP) is 8.02. The van der Waals surface area contributed by atoms with Crippen LogP contribution in [0.1, 0.15) is 106 Å². The number of hydrogen-bond donors (Lipinski definition) is 1. The Morgan fingerprint density at radius 3 is 1.83 bits per heavy atom. The molecule has 4 heteroatoms. The van der Waals surface area contributed by atoms with Crippen molar-refractivity contribution in [3.63, 3.8) is 0 Å². The van der Waals surface area contributed by atoms with E-state index >= 15 is 0 Å². The molecule has 1 rings (SSSR count). The van der Waals surface area contributed by atoms with Gasteiger partial charge < -0.3 is 9.84 Å². The maximum absolute atomic E-state index is 11.9. The maximum Gasteiger partial charge on any atom is 0.175 e. The molecule has 1 aromatic rings. The molecular formula is C31H52O4. The van der Waals surface area contributed by atoms with E-state index in [1.165, 1.54) is 5.56 Å². The Morgan fingerprint density at radius 2 is 1.49 bits per heavy atom. The molecule has 0 aliphatic rings. The Kier molecular flexibility index (Phi) is 18.1. The molecule has 200 valence electrons. The van der Waals surface area contributed by atoms with E-state index in [4.69, 9.17) is 9.84 Å². The van der Waals surface area contributed by atoms with E-state index in [2.05, 4.69) is 45.1 Å². The number of benzene rings is 1. The molecule has 0 aliphatic heterocycles. The smallest absolute Gasteiger partial charge is 0.175 e. The second-order valence-corrected chi connectivity index (χ2v) is 10.7. The molecule has 0 saturated heterocycles. The summed E-state index contributed by atoms with van der Waals surface area (Å²) in [5, 5.41) is 8.32. The number of Topliss-reactive ketones (excluding diaryl/α,β-unsaturated/α-hetero) is 2. The summed E-state index contributed by atoms with van der Waals surface area (Å²) in [6, 6.07) is 6.31. The highest BCUT2D eigenvalue weighted by Gasteiger charge is 2.22. The summed E-state index contributed by atoms with van der Waals surface area (Å²) in [5.41, 5.74) is 1.75. The van der Waals surface area contributed by atoms with E-state index in [0.717, 1.165) is 30.6 Å². The summed E-state index contributed by atoms with van der Waals surface area (Å²) in [6.07, 6.45) is 11.7. The molecule has 0 atom stereocenters. The van der Waals surface area contributed by atoms with Crippen LogP contribution in [0.3, 0.4) is 0 Å². The van der Waals surface area contributed by atoms with Crippen molar-refractivity contribution in [2.24, 2.45) is 10.8 Å². The van der Waals surface area contributed by atoms with Gasteiger partial charge in [0.2, 0.25) is 0 Å². The minimum atomic E-state index is -0.380. The maximum atomic E-state index is 11.9. The lowest BCUT2D eigenvalue weighted by Crippen LogP contribution is -2.26. The summed E-state index contributed by atoms with van der Waals surface area (Å²) in [5.74, 6) is 1.44. The zero-order valence-corrected chi connectivity index (χ0v) is 24.3. The highest BCUT2D eigenvalue weighted by atomic mass is 16.5. The van der Waals surface area contributed by atoms with Crippen LogP contribution >= 0.6 is 0 Å². The van der Waals surface area contributed by atoms with E-state index < -0.39 is 0 Å². The van der Waals surface area contributed by atoms with E-state index in [1.54, 1.807) is 20.8 Å². The van der Waals surface area contributed by atoms with Crippen LogP contribution in [0.5, 0.6) is 5.75 Å². The Hall–Kier alpha value is -2.20. The van der Waals surface area contributed by atoms with Gasteiger partial charge in [-0.05, 0) is 56.2 Å². The Morgan fingerprint density at radius 1 is 0.943 bits per heavy atom. The molecule has 0 amide bonds. The number of aliphatic hydroxyl groups is 1. The number of carbonyl (C=O) groups excluding carboxylic acids is 2. The molecule has 0 unspecified atom stereocenters. The van der Waals surface area contributed by atoms with Crippen molar-refractivity contribution in [2.45, 2.75) is 101 Å². The molecule has 0 aliphatic carbocycles. The SMILES string of the molecule is C/C=C\C=C/CC.CC(C)(C)C(=O)CO.CCC(CC)c1ccc(OCC(=O)C(C)(C)C)c(C)c1. The van der Waals surface area contributed by atoms with Crippen LogP contribution in [0.25, 0.3) is 0 Å². The Labute approximate surface area is 215 Å². The number of aliphatic hydroxyl groups excluding tert-OH is 1. The molecule has 0 aromatic heterocycles. The summed E-state index contributed by atoms with van der Waals surface area (Å²) in [7, 11) is 0. The van der Waals surface area contributed by atoms with Crippen molar-refractivity contribution in [3.8, 4) is 5.75 Å². The number of aryl methyl sites for hydroxylation is 1. The number of rotatable bonds is 9. The standard InChI is InChI=1S/C18H28O2.C7H12.C6H12O2/c1-7-14(8-2)15-9-10-16(13(3)11-15)20-12-17(19)18(4,5)6;1-3-5-7-6-4-2;1-6(2,3)5(8)4-7/h9-11,14H,7-8,12H2,1-6H3;3,5-7H,4H2,1-2H3;7H,4H2,1-3H3/b;5-3-,7-6-;. The van der Waals surface area contributed by atoms with Crippen molar-refractivity contribution in [2.75, 3.05) is 13.2 Å². The van der Waals surface area contributed by atoms with Gasteiger partial charge in [-0.25, -0.2) is 0 Å². The summed E-state index contributed by atoms with van der Waals surface area (Å²) in [6.45, 7) is 21.5. The average molecular weight is 489 g/mol. The fourth-order valence-corrected chi connectivity index (χ4v) is 2.77. The molecular weight excluding hydrogens is 436 g/mol.